The summed E-state index contributed by atoms with van der Waals surface area (Å²) in [4.78, 5) is 14.6. The summed E-state index contributed by atoms with van der Waals surface area (Å²) in [6.45, 7) is 1.79. The molecule has 2 N–H and O–H groups in total. The fraction of sp³-hybridized carbons (Fsp3) is 0.458. The van der Waals surface area contributed by atoms with E-state index in [1.54, 1.807) is 24.3 Å². The van der Waals surface area contributed by atoms with Crippen molar-refractivity contribution in [2.24, 2.45) is 0 Å². The molecule has 2 aliphatic rings. The van der Waals surface area contributed by atoms with Crippen LogP contribution in [0, 0.1) is 11.6 Å². The number of sulfonamides is 1. The van der Waals surface area contributed by atoms with Crippen molar-refractivity contribution in [2.75, 3.05) is 12.3 Å². The van der Waals surface area contributed by atoms with Crippen LogP contribution in [0.3, 0.4) is 0 Å². The highest BCUT2D eigenvalue weighted by molar-refractivity contribution is 7.89. The Hall–Kier alpha value is -2.36. The monoisotopic (exact) mass is 478 g/mol. The summed E-state index contributed by atoms with van der Waals surface area (Å²) in [5, 5.41) is 10.6. The zero-order valence-corrected chi connectivity index (χ0v) is 19.2. The standard InChI is InChI=1S/C24H28F2N2O4S/c1-2-33(31,32)27-20-10-13-28(23(29)24(30)11-5-12-24)21(20)15-17-7-4-9-19(22(17)26)16-6-3-8-18(25)14-16/h3-4,6-9,14,20-21,27,30H,2,5,10-13,15H2,1H3/t20-,21-/m0/s1. The fourth-order valence-corrected chi connectivity index (χ4v) is 5.55. The van der Waals surface area contributed by atoms with Crippen molar-refractivity contribution in [3.05, 3.63) is 59.7 Å². The molecule has 6 nitrogen and oxygen atoms in total. The number of hydrogen-bond acceptors (Lipinski definition) is 4. The van der Waals surface area contributed by atoms with Crippen LogP contribution in [-0.2, 0) is 21.2 Å². The molecule has 9 heteroatoms. The van der Waals surface area contributed by atoms with Crippen LogP contribution in [0.1, 0.15) is 38.2 Å². The quantitative estimate of drug-likeness (QED) is 0.641. The Balaban J connectivity index is 1.67. The molecule has 1 heterocycles. The van der Waals surface area contributed by atoms with Gasteiger partial charge in [0.15, 0.2) is 0 Å². The molecule has 33 heavy (non-hydrogen) atoms. The van der Waals surface area contributed by atoms with E-state index in [9.17, 15) is 22.7 Å². The average molecular weight is 479 g/mol. The van der Waals surface area contributed by atoms with Gasteiger partial charge in [-0.15, -0.1) is 0 Å². The third-order valence-electron chi connectivity index (χ3n) is 6.74. The molecule has 2 aromatic carbocycles. The Morgan fingerprint density at radius 1 is 1.21 bits per heavy atom. The second-order valence-electron chi connectivity index (χ2n) is 8.86. The fourth-order valence-electron chi connectivity index (χ4n) is 4.64. The Morgan fingerprint density at radius 3 is 2.58 bits per heavy atom. The van der Waals surface area contributed by atoms with Crippen LogP contribution >= 0.6 is 0 Å². The molecule has 0 aromatic heterocycles. The number of halogens is 2. The SMILES string of the molecule is CCS(=O)(=O)N[C@H]1CCN(C(=O)C2(O)CCC2)[C@H]1Cc1cccc(-c2cccc(F)c2)c1F. The Bertz CT molecular complexity index is 1150. The van der Waals surface area contributed by atoms with Crippen molar-refractivity contribution in [1.82, 2.24) is 9.62 Å². The lowest BCUT2D eigenvalue weighted by atomic mass is 9.79. The van der Waals surface area contributed by atoms with Crippen LogP contribution in [0.2, 0.25) is 0 Å². The molecule has 0 bridgehead atoms. The van der Waals surface area contributed by atoms with Crippen LogP contribution in [0.25, 0.3) is 11.1 Å². The predicted octanol–water partition coefficient (Wildman–Crippen LogP) is 3.00. The van der Waals surface area contributed by atoms with Crippen LogP contribution in [-0.4, -0.2) is 54.3 Å². The molecule has 2 fully saturated rings. The highest BCUT2D eigenvalue weighted by atomic mass is 32.2. The summed E-state index contributed by atoms with van der Waals surface area (Å²) in [5.41, 5.74) is -0.520. The second kappa shape index (κ2) is 9.12. The van der Waals surface area contributed by atoms with Crippen molar-refractivity contribution >= 4 is 15.9 Å². The van der Waals surface area contributed by atoms with Gasteiger partial charge in [0.25, 0.3) is 5.91 Å². The van der Waals surface area contributed by atoms with Crippen molar-refractivity contribution in [3.63, 3.8) is 0 Å². The average Bonchev–Trinajstić information content (AvgIpc) is 3.14. The van der Waals surface area contributed by atoms with E-state index in [-0.39, 0.29) is 24.3 Å². The maximum atomic E-state index is 15.5. The maximum absolute atomic E-state index is 15.5. The van der Waals surface area contributed by atoms with Gasteiger partial charge in [0, 0.05) is 18.2 Å². The first-order chi connectivity index (χ1) is 15.6. The van der Waals surface area contributed by atoms with E-state index in [4.69, 9.17) is 0 Å². The number of carbonyl (C=O) groups is 1. The van der Waals surface area contributed by atoms with E-state index in [1.165, 1.54) is 30.0 Å². The molecule has 4 rings (SSSR count). The highest BCUT2D eigenvalue weighted by Crippen LogP contribution is 2.37. The number of aliphatic hydroxyl groups is 1. The number of likely N-dealkylation sites (tertiary alicyclic amines) is 1. The molecule has 1 aliphatic heterocycles. The molecule has 0 radical (unpaired) electrons. The van der Waals surface area contributed by atoms with Gasteiger partial charge in [-0.25, -0.2) is 21.9 Å². The van der Waals surface area contributed by atoms with Gasteiger partial charge in [-0.1, -0.05) is 30.3 Å². The summed E-state index contributed by atoms with van der Waals surface area (Å²) in [5.74, 6) is -1.56. The number of nitrogens with one attached hydrogen (secondary N) is 1. The molecule has 1 saturated heterocycles. The summed E-state index contributed by atoms with van der Waals surface area (Å²) in [6, 6.07) is 9.19. The first-order valence-electron chi connectivity index (χ1n) is 11.2. The first kappa shape index (κ1) is 23.8. The number of carbonyl (C=O) groups excluding carboxylic acids is 1. The molecular weight excluding hydrogens is 450 g/mol. The number of benzene rings is 2. The van der Waals surface area contributed by atoms with Crippen LogP contribution in [0.5, 0.6) is 0 Å². The lowest BCUT2D eigenvalue weighted by Gasteiger charge is -2.40. The largest absolute Gasteiger partial charge is 0.380 e. The number of hydrogen-bond donors (Lipinski definition) is 2. The Morgan fingerprint density at radius 2 is 1.94 bits per heavy atom. The van der Waals surface area contributed by atoms with Crippen molar-refractivity contribution in [2.45, 2.75) is 56.7 Å². The lowest BCUT2D eigenvalue weighted by molar-refractivity contribution is -0.161. The van der Waals surface area contributed by atoms with Gasteiger partial charge in [-0.3, -0.25) is 4.79 Å². The summed E-state index contributed by atoms with van der Waals surface area (Å²) < 4.78 is 56.4. The molecule has 2 atom stereocenters. The number of amides is 1. The molecule has 0 spiro atoms. The molecule has 178 valence electrons. The molecule has 0 unspecified atom stereocenters. The van der Waals surface area contributed by atoms with Crippen LogP contribution < -0.4 is 4.72 Å². The third kappa shape index (κ3) is 4.81. The van der Waals surface area contributed by atoms with E-state index in [1.807, 2.05) is 0 Å². The van der Waals surface area contributed by atoms with E-state index < -0.39 is 45.2 Å². The molecule has 2 aromatic rings. The van der Waals surface area contributed by atoms with Crippen LogP contribution in [0.4, 0.5) is 8.78 Å². The summed E-state index contributed by atoms with van der Waals surface area (Å²) in [6.07, 6.45) is 1.91. The van der Waals surface area contributed by atoms with Gasteiger partial charge in [-0.05, 0) is 62.3 Å². The minimum atomic E-state index is -3.56. The zero-order valence-electron chi connectivity index (χ0n) is 18.4. The normalized spacial score (nSPS) is 22.2. The molecular formula is C24H28F2N2O4S. The van der Waals surface area contributed by atoms with Gasteiger partial charge < -0.3 is 10.0 Å². The summed E-state index contributed by atoms with van der Waals surface area (Å²) >= 11 is 0. The zero-order chi connectivity index (χ0) is 23.8. The number of nitrogens with zero attached hydrogens (tertiary/aromatic N) is 1. The van der Waals surface area contributed by atoms with E-state index >= 15 is 4.39 Å². The predicted molar refractivity (Wildman–Crippen MR) is 121 cm³/mol. The van der Waals surface area contributed by atoms with E-state index in [0.717, 1.165) is 6.42 Å². The van der Waals surface area contributed by atoms with E-state index in [0.29, 0.717) is 30.4 Å². The maximum Gasteiger partial charge on any atom is 0.254 e. The highest BCUT2D eigenvalue weighted by Gasteiger charge is 2.49. The van der Waals surface area contributed by atoms with Gasteiger partial charge in [-0.2, -0.15) is 0 Å². The van der Waals surface area contributed by atoms with Gasteiger partial charge in [0.05, 0.1) is 11.8 Å². The lowest BCUT2D eigenvalue weighted by Crippen LogP contribution is -2.57. The Kier molecular flexibility index (Phi) is 6.57. The van der Waals surface area contributed by atoms with Crippen molar-refractivity contribution in [1.29, 1.82) is 0 Å². The molecule has 1 saturated carbocycles. The number of rotatable bonds is 7. The van der Waals surface area contributed by atoms with E-state index in [2.05, 4.69) is 4.72 Å². The van der Waals surface area contributed by atoms with Gasteiger partial charge >= 0.3 is 0 Å². The van der Waals surface area contributed by atoms with Crippen LogP contribution in [0.15, 0.2) is 42.5 Å². The Labute approximate surface area is 192 Å². The van der Waals surface area contributed by atoms with Crippen molar-refractivity contribution < 1.29 is 27.1 Å². The molecule has 1 aliphatic carbocycles. The smallest absolute Gasteiger partial charge is 0.254 e. The topological polar surface area (TPSA) is 86.7 Å². The minimum absolute atomic E-state index is 0.0632. The summed E-state index contributed by atoms with van der Waals surface area (Å²) in [7, 11) is -3.56. The second-order valence-corrected chi connectivity index (χ2v) is 10.9. The third-order valence-corrected chi connectivity index (χ3v) is 8.16. The van der Waals surface area contributed by atoms with Gasteiger partial charge in [0.2, 0.25) is 10.0 Å². The van der Waals surface area contributed by atoms with Crippen molar-refractivity contribution in [3.8, 4) is 11.1 Å². The first-order valence-corrected chi connectivity index (χ1v) is 12.9. The minimum Gasteiger partial charge on any atom is -0.380 e. The van der Waals surface area contributed by atoms with Gasteiger partial charge in [0.1, 0.15) is 17.2 Å². The molecule has 1 amide bonds.